The van der Waals surface area contributed by atoms with Crippen molar-refractivity contribution in [3.05, 3.63) is 21.2 Å². The van der Waals surface area contributed by atoms with Gasteiger partial charge in [0.25, 0.3) is 0 Å². The van der Waals surface area contributed by atoms with Crippen LogP contribution in [0.1, 0.15) is 19.3 Å². The first-order chi connectivity index (χ1) is 6.06. The normalized spacial score (nSPS) is 16.0. The summed E-state index contributed by atoms with van der Waals surface area (Å²) in [6.45, 7) is 3.78. The summed E-state index contributed by atoms with van der Waals surface area (Å²) in [6, 6.07) is 0. The molecular weight excluding hydrogens is 366 g/mol. The zero-order chi connectivity index (χ0) is 10.3. The minimum Gasteiger partial charge on any atom is -0.389 e. The van der Waals surface area contributed by atoms with E-state index in [2.05, 4.69) is 45.1 Å². The first-order valence-corrected chi connectivity index (χ1v) is 6.41. The van der Waals surface area contributed by atoms with Gasteiger partial charge in [0.15, 0.2) is 0 Å². The van der Waals surface area contributed by atoms with Crippen molar-refractivity contribution in [2.75, 3.05) is 0 Å². The van der Waals surface area contributed by atoms with Crippen molar-refractivity contribution in [1.29, 1.82) is 0 Å². The van der Waals surface area contributed by atoms with Gasteiger partial charge in [-0.3, -0.25) is 0 Å². The SMILES string of the molecule is C=C(I)C[C@H](Cl)CCC(O)C=CBr. The second-order valence-corrected chi connectivity index (χ2v) is 5.45. The maximum atomic E-state index is 9.33. The predicted molar refractivity (Wildman–Crippen MR) is 70.7 cm³/mol. The Morgan fingerprint density at radius 1 is 1.62 bits per heavy atom. The van der Waals surface area contributed by atoms with Crippen molar-refractivity contribution in [3.63, 3.8) is 0 Å². The van der Waals surface area contributed by atoms with Crippen molar-refractivity contribution in [2.24, 2.45) is 0 Å². The fourth-order valence-electron chi connectivity index (χ4n) is 0.874. The molecule has 0 spiro atoms. The summed E-state index contributed by atoms with van der Waals surface area (Å²) in [4.78, 5) is 1.66. The average Bonchev–Trinajstić information content (AvgIpc) is 2.00. The van der Waals surface area contributed by atoms with E-state index in [1.165, 1.54) is 0 Å². The summed E-state index contributed by atoms with van der Waals surface area (Å²) in [5.74, 6) is 0. The molecule has 76 valence electrons. The molecule has 0 saturated heterocycles. The van der Waals surface area contributed by atoms with E-state index in [9.17, 15) is 5.11 Å². The largest absolute Gasteiger partial charge is 0.389 e. The lowest BCUT2D eigenvalue weighted by Gasteiger charge is -2.09. The molecule has 0 aromatic carbocycles. The van der Waals surface area contributed by atoms with E-state index >= 15 is 0 Å². The van der Waals surface area contributed by atoms with Gasteiger partial charge in [0, 0.05) is 5.38 Å². The third-order valence-corrected chi connectivity index (χ3v) is 2.63. The summed E-state index contributed by atoms with van der Waals surface area (Å²) in [6.07, 6.45) is 3.61. The van der Waals surface area contributed by atoms with Crippen LogP contribution >= 0.6 is 50.1 Å². The molecule has 1 unspecified atom stereocenters. The van der Waals surface area contributed by atoms with E-state index in [-0.39, 0.29) is 5.38 Å². The molecular formula is C9H13BrClIO. The molecule has 0 bridgehead atoms. The Kier molecular flexibility index (Phi) is 8.86. The van der Waals surface area contributed by atoms with E-state index in [1.54, 1.807) is 11.1 Å². The molecule has 0 aromatic rings. The Balaban J connectivity index is 3.57. The van der Waals surface area contributed by atoms with Gasteiger partial charge in [0.05, 0.1) is 6.10 Å². The van der Waals surface area contributed by atoms with Gasteiger partial charge in [-0.25, -0.2) is 0 Å². The fourth-order valence-corrected chi connectivity index (χ4v) is 2.33. The van der Waals surface area contributed by atoms with Gasteiger partial charge in [-0.2, -0.15) is 0 Å². The maximum Gasteiger partial charge on any atom is 0.0729 e. The van der Waals surface area contributed by atoms with Crippen molar-refractivity contribution < 1.29 is 5.11 Å². The second kappa shape index (κ2) is 8.26. The lowest BCUT2D eigenvalue weighted by molar-refractivity contribution is 0.209. The molecule has 0 radical (unpaired) electrons. The van der Waals surface area contributed by atoms with E-state index in [0.29, 0.717) is 6.42 Å². The number of aliphatic hydroxyl groups is 1. The molecule has 0 heterocycles. The van der Waals surface area contributed by atoms with Crippen LogP contribution in [-0.2, 0) is 0 Å². The van der Waals surface area contributed by atoms with Gasteiger partial charge in [-0.15, -0.1) is 11.6 Å². The summed E-state index contributed by atoms with van der Waals surface area (Å²) in [7, 11) is 0. The molecule has 2 atom stereocenters. The Labute approximate surface area is 107 Å². The van der Waals surface area contributed by atoms with Crippen molar-refractivity contribution in [3.8, 4) is 0 Å². The first kappa shape index (κ1) is 13.9. The molecule has 13 heavy (non-hydrogen) atoms. The zero-order valence-electron chi connectivity index (χ0n) is 7.22. The van der Waals surface area contributed by atoms with E-state index in [4.69, 9.17) is 11.6 Å². The van der Waals surface area contributed by atoms with Crippen LogP contribution < -0.4 is 0 Å². The number of rotatable bonds is 6. The number of hydrogen-bond acceptors (Lipinski definition) is 1. The third kappa shape index (κ3) is 9.25. The summed E-state index contributed by atoms with van der Waals surface area (Å²) in [5.41, 5.74) is 0. The highest BCUT2D eigenvalue weighted by atomic mass is 127. The first-order valence-electron chi connectivity index (χ1n) is 3.98. The number of hydrogen-bond donors (Lipinski definition) is 1. The van der Waals surface area contributed by atoms with Gasteiger partial charge in [-0.05, 0) is 56.5 Å². The highest BCUT2D eigenvalue weighted by molar-refractivity contribution is 14.1. The molecule has 0 saturated carbocycles. The standard InChI is InChI=1S/C9H13BrClIO/c1-7(12)6-8(11)2-3-9(13)4-5-10/h4-5,8-9,13H,1-3,6H2/t8-,9?/m1/s1. The van der Waals surface area contributed by atoms with E-state index in [1.807, 2.05) is 0 Å². The van der Waals surface area contributed by atoms with Crippen LogP contribution in [0.5, 0.6) is 0 Å². The monoisotopic (exact) mass is 378 g/mol. The molecule has 0 aliphatic rings. The van der Waals surface area contributed by atoms with Crippen LogP contribution in [0.25, 0.3) is 0 Å². The van der Waals surface area contributed by atoms with Gasteiger partial charge in [0.1, 0.15) is 0 Å². The van der Waals surface area contributed by atoms with Crippen LogP contribution in [-0.4, -0.2) is 16.6 Å². The van der Waals surface area contributed by atoms with Crippen LogP contribution in [0.3, 0.4) is 0 Å². The lowest BCUT2D eigenvalue weighted by Crippen LogP contribution is -2.06. The van der Waals surface area contributed by atoms with Gasteiger partial charge >= 0.3 is 0 Å². The minimum atomic E-state index is -0.400. The number of alkyl halides is 1. The topological polar surface area (TPSA) is 20.2 Å². The Morgan fingerprint density at radius 2 is 2.23 bits per heavy atom. The summed E-state index contributed by atoms with van der Waals surface area (Å²) < 4.78 is 1.06. The van der Waals surface area contributed by atoms with Crippen molar-refractivity contribution in [1.82, 2.24) is 0 Å². The Hall–Kier alpha value is 0.940. The Morgan fingerprint density at radius 3 is 2.69 bits per heavy atom. The molecule has 0 aliphatic carbocycles. The highest BCUT2D eigenvalue weighted by Crippen LogP contribution is 2.19. The van der Waals surface area contributed by atoms with Gasteiger partial charge in [0.2, 0.25) is 0 Å². The average molecular weight is 379 g/mol. The smallest absolute Gasteiger partial charge is 0.0729 e. The van der Waals surface area contributed by atoms with E-state index < -0.39 is 6.10 Å². The lowest BCUT2D eigenvalue weighted by atomic mass is 10.1. The minimum absolute atomic E-state index is 0.0859. The molecule has 0 aromatic heterocycles. The third-order valence-electron chi connectivity index (χ3n) is 1.51. The Bertz CT molecular complexity index is 184. The predicted octanol–water partition coefficient (Wildman–Crippen LogP) is 3.98. The second-order valence-electron chi connectivity index (χ2n) is 2.78. The quantitative estimate of drug-likeness (QED) is 0.547. The number of allylic oxidation sites excluding steroid dienone is 1. The van der Waals surface area contributed by atoms with E-state index in [0.717, 1.165) is 16.4 Å². The van der Waals surface area contributed by atoms with Gasteiger partial charge in [-0.1, -0.05) is 22.5 Å². The molecule has 0 amide bonds. The fraction of sp³-hybridized carbons (Fsp3) is 0.556. The van der Waals surface area contributed by atoms with Gasteiger partial charge < -0.3 is 5.11 Å². The molecule has 0 fully saturated rings. The van der Waals surface area contributed by atoms with Crippen LogP contribution in [0.2, 0.25) is 0 Å². The zero-order valence-corrected chi connectivity index (χ0v) is 11.7. The number of halogens is 3. The maximum absolute atomic E-state index is 9.33. The molecule has 1 N–H and O–H groups in total. The van der Waals surface area contributed by atoms with Crippen molar-refractivity contribution >= 4 is 50.1 Å². The summed E-state index contributed by atoms with van der Waals surface area (Å²) in [5, 5.41) is 9.42. The van der Waals surface area contributed by atoms with Crippen LogP contribution in [0, 0.1) is 0 Å². The molecule has 1 nitrogen and oxygen atoms in total. The van der Waals surface area contributed by atoms with Crippen LogP contribution in [0.4, 0.5) is 0 Å². The van der Waals surface area contributed by atoms with Crippen molar-refractivity contribution in [2.45, 2.75) is 30.7 Å². The molecule has 0 rings (SSSR count). The molecule has 4 heteroatoms. The molecule has 0 aliphatic heterocycles. The summed E-state index contributed by atoms with van der Waals surface area (Å²) >= 11 is 11.3. The number of aliphatic hydroxyl groups excluding tert-OH is 1. The highest BCUT2D eigenvalue weighted by Gasteiger charge is 2.07. The van der Waals surface area contributed by atoms with Crippen LogP contribution in [0.15, 0.2) is 21.2 Å².